The largest absolute Gasteiger partial charge is 0.487 e. The highest BCUT2D eigenvalue weighted by molar-refractivity contribution is 14.1. The van der Waals surface area contributed by atoms with E-state index in [1.165, 1.54) is 0 Å². The molecule has 2 aromatic rings. The van der Waals surface area contributed by atoms with Crippen LogP contribution in [0.25, 0.3) is 6.08 Å². The number of terminal acetylenes is 1. The fourth-order valence-electron chi connectivity index (χ4n) is 2.61. The quantitative estimate of drug-likeness (QED) is 0.265. The van der Waals surface area contributed by atoms with E-state index < -0.39 is 5.91 Å². The second-order valence-electron chi connectivity index (χ2n) is 5.84. The van der Waals surface area contributed by atoms with Crippen molar-refractivity contribution in [3.8, 4) is 24.2 Å². The van der Waals surface area contributed by atoms with Crippen molar-refractivity contribution >= 4 is 74.2 Å². The first-order chi connectivity index (χ1) is 13.9. The van der Waals surface area contributed by atoms with Gasteiger partial charge in [0.05, 0.1) is 26.7 Å². The third kappa shape index (κ3) is 4.94. The van der Waals surface area contributed by atoms with Gasteiger partial charge in [-0.15, -0.1) is 6.42 Å². The van der Waals surface area contributed by atoms with Gasteiger partial charge in [0.25, 0.3) is 11.1 Å². The van der Waals surface area contributed by atoms with Crippen LogP contribution in [0.15, 0.2) is 41.3 Å². The van der Waals surface area contributed by atoms with Crippen LogP contribution in [0.4, 0.5) is 4.79 Å². The van der Waals surface area contributed by atoms with Crippen molar-refractivity contribution in [2.45, 2.75) is 6.61 Å². The van der Waals surface area contributed by atoms with E-state index in [2.05, 4.69) is 57.2 Å². The van der Waals surface area contributed by atoms with Crippen molar-refractivity contribution in [1.29, 1.82) is 5.26 Å². The first kappa shape index (κ1) is 21.7. The molecule has 0 bridgehead atoms. The third-order valence-corrected chi connectivity index (χ3v) is 6.29. The monoisotopic (exact) mass is 626 g/mol. The highest BCUT2D eigenvalue weighted by atomic mass is 127. The Balaban J connectivity index is 1.94. The zero-order chi connectivity index (χ0) is 21.0. The second-order valence-corrected chi connectivity index (χ2v) is 9.24. The standard InChI is InChI=1S/C21H12I2N2O3S/c1-2-7-25-20(26)18(29-21(25)27)9-15-8-16(22)10-17(23)19(15)28-12-14-6-4-3-5-13(14)11-24/h1,3-6,8-10H,7,12H2/b18-9+. The fourth-order valence-corrected chi connectivity index (χ4v) is 5.49. The van der Waals surface area contributed by atoms with Gasteiger partial charge in [0, 0.05) is 14.7 Å². The molecule has 5 nitrogen and oxygen atoms in total. The molecule has 144 valence electrons. The molecule has 3 rings (SSSR count). The minimum Gasteiger partial charge on any atom is -0.487 e. The first-order valence-electron chi connectivity index (χ1n) is 8.23. The average Bonchev–Trinajstić information content (AvgIpc) is 2.95. The van der Waals surface area contributed by atoms with Gasteiger partial charge in [0.15, 0.2) is 0 Å². The molecule has 0 aliphatic carbocycles. The number of hydrogen-bond donors (Lipinski definition) is 0. The molecule has 1 saturated heterocycles. The van der Waals surface area contributed by atoms with E-state index in [9.17, 15) is 14.9 Å². The summed E-state index contributed by atoms with van der Waals surface area (Å²) < 4.78 is 7.86. The fraction of sp³-hybridized carbons (Fsp3) is 0.0952. The maximum atomic E-state index is 12.5. The Bertz CT molecular complexity index is 1120. The summed E-state index contributed by atoms with van der Waals surface area (Å²) in [7, 11) is 0. The van der Waals surface area contributed by atoms with Crippen molar-refractivity contribution in [3.05, 3.63) is 65.1 Å². The molecule has 29 heavy (non-hydrogen) atoms. The van der Waals surface area contributed by atoms with Crippen LogP contribution in [0, 0.1) is 30.8 Å². The lowest BCUT2D eigenvalue weighted by molar-refractivity contribution is -0.122. The molecule has 1 heterocycles. The van der Waals surface area contributed by atoms with Crippen LogP contribution < -0.4 is 4.74 Å². The molecule has 0 aromatic heterocycles. The van der Waals surface area contributed by atoms with E-state index in [4.69, 9.17) is 11.2 Å². The average molecular weight is 626 g/mol. The van der Waals surface area contributed by atoms with Crippen molar-refractivity contribution in [1.82, 2.24) is 4.90 Å². The molecule has 0 unspecified atom stereocenters. The molecule has 1 aliphatic heterocycles. The minimum atomic E-state index is -0.410. The lowest BCUT2D eigenvalue weighted by Gasteiger charge is -2.13. The zero-order valence-electron chi connectivity index (χ0n) is 14.8. The maximum Gasteiger partial charge on any atom is 0.294 e. The highest BCUT2D eigenvalue weighted by Crippen LogP contribution is 2.36. The number of hydrogen-bond acceptors (Lipinski definition) is 5. The Labute approximate surface area is 199 Å². The summed E-state index contributed by atoms with van der Waals surface area (Å²) in [6, 6.07) is 13.2. The number of carbonyl (C=O) groups excluding carboxylic acids is 2. The lowest BCUT2D eigenvalue weighted by Crippen LogP contribution is -2.28. The maximum absolute atomic E-state index is 12.5. The number of thioether (sulfide) groups is 1. The Hall–Kier alpha value is -2.02. The number of imide groups is 1. The molecule has 1 fully saturated rings. The van der Waals surface area contributed by atoms with Gasteiger partial charge in [-0.2, -0.15) is 5.26 Å². The van der Waals surface area contributed by atoms with Crippen LogP contribution in [-0.2, 0) is 11.4 Å². The lowest BCUT2D eigenvalue weighted by atomic mass is 10.1. The molecule has 0 spiro atoms. The van der Waals surface area contributed by atoms with Gasteiger partial charge in [0.2, 0.25) is 0 Å². The van der Waals surface area contributed by atoms with Crippen molar-refractivity contribution < 1.29 is 14.3 Å². The van der Waals surface area contributed by atoms with Gasteiger partial charge >= 0.3 is 0 Å². The molecular formula is C21H12I2N2O3S. The number of benzene rings is 2. The van der Waals surface area contributed by atoms with Gasteiger partial charge in [-0.1, -0.05) is 24.1 Å². The zero-order valence-corrected chi connectivity index (χ0v) is 19.9. The van der Waals surface area contributed by atoms with Crippen molar-refractivity contribution in [2.75, 3.05) is 6.54 Å². The molecule has 0 N–H and O–H groups in total. The normalized spacial score (nSPS) is 14.8. The van der Waals surface area contributed by atoms with Crippen molar-refractivity contribution in [3.63, 3.8) is 0 Å². The van der Waals surface area contributed by atoms with E-state index in [1.54, 1.807) is 18.2 Å². The summed E-state index contributed by atoms with van der Waals surface area (Å²) in [5.74, 6) is 2.50. The Morgan fingerprint density at radius 3 is 2.72 bits per heavy atom. The second kappa shape index (κ2) is 9.65. The van der Waals surface area contributed by atoms with Gasteiger partial charge in [-0.05, 0) is 81.2 Å². The Morgan fingerprint density at radius 1 is 1.24 bits per heavy atom. The molecule has 0 atom stereocenters. The molecular weight excluding hydrogens is 614 g/mol. The smallest absolute Gasteiger partial charge is 0.294 e. The minimum absolute atomic E-state index is 0.0554. The van der Waals surface area contributed by atoms with Crippen LogP contribution in [0.2, 0.25) is 0 Å². The molecule has 0 radical (unpaired) electrons. The summed E-state index contributed by atoms with van der Waals surface area (Å²) >= 11 is 5.21. The predicted molar refractivity (Wildman–Crippen MR) is 129 cm³/mol. The first-order valence-corrected chi connectivity index (χ1v) is 11.2. The molecule has 2 amide bonds. The number of amides is 2. The van der Waals surface area contributed by atoms with E-state index >= 15 is 0 Å². The van der Waals surface area contributed by atoms with Gasteiger partial charge in [-0.25, -0.2) is 0 Å². The van der Waals surface area contributed by atoms with E-state index in [-0.39, 0.29) is 18.4 Å². The number of carbonyl (C=O) groups is 2. The van der Waals surface area contributed by atoms with Crippen LogP contribution in [0.5, 0.6) is 5.75 Å². The molecule has 2 aromatic carbocycles. The highest BCUT2D eigenvalue weighted by Gasteiger charge is 2.34. The molecule has 8 heteroatoms. The number of nitrogens with zero attached hydrogens (tertiary/aromatic N) is 2. The van der Waals surface area contributed by atoms with Gasteiger partial charge < -0.3 is 4.74 Å². The Morgan fingerprint density at radius 2 is 2.00 bits per heavy atom. The molecule has 1 aliphatic rings. The van der Waals surface area contributed by atoms with Crippen LogP contribution in [-0.4, -0.2) is 22.6 Å². The third-order valence-electron chi connectivity index (χ3n) is 3.96. The van der Waals surface area contributed by atoms with E-state index in [0.29, 0.717) is 21.8 Å². The van der Waals surface area contributed by atoms with Gasteiger partial charge in [-0.3, -0.25) is 14.5 Å². The predicted octanol–water partition coefficient (Wildman–Crippen LogP) is 5.02. The molecule has 0 saturated carbocycles. The number of rotatable bonds is 5. The summed E-state index contributed by atoms with van der Waals surface area (Å²) in [4.78, 5) is 25.9. The summed E-state index contributed by atoms with van der Waals surface area (Å²) in [6.45, 7) is 0.153. The Kier molecular flexibility index (Phi) is 7.22. The van der Waals surface area contributed by atoms with Crippen LogP contribution in [0.3, 0.4) is 0 Å². The summed E-state index contributed by atoms with van der Waals surface area (Å²) in [5, 5.41) is 8.88. The van der Waals surface area contributed by atoms with E-state index in [1.807, 2.05) is 24.3 Å². The SMILES string of the molecule is C#CCN1C(=O)S/C(=C/c2cc(I)cc(I)c2OCc2ccccc2C#N)C1=O. The van der Waals surface area contributed by atoms with Crippen LogP contribution >= 0.6 is 56.9 Å². The van der Waals surface area contributed by atoms with Crippen LogP contribution in [0.1, 0.15) is 16.7 Å². The van der Waals surface area contributed by atoms with E-state index in [0.717, 1.165) is 29.4 Å². The summed E-state index contributed by atoms with van der Waals surface area (Å²) in [6.07, 6.45) is 6.89. The van der Waals surface area contributed by atoms with Crippen molar-refractivity contribution in [2.24, 2.45) is 0 Å². The van der Waals surface area contributed by atoms with Gasteiger partial charge in [0.1, 0.15) is 12.4 Å². The topological polar surface area (TPSA) is 70.4 Å². The number of halogens is 2. The number of ether oxygens (including phenoxy) is 1. The number of nitriles is 1. The summed E-state index contributed by atoms with van der Waals surface area (Å²) in [5.41, 5.74) is 2.00.